The van der Waals surface area contributed by atoms with E-state index >= 15 is 0 Å². The zero-order valence-electron chi connectivity index (χ0n) is 20.3. The number of aliphatic imine (C=N–C) groups is 1. The molecular formula is C29H27CrN4O2Si-. The van der Waals surface area contributed by atoms with Gasteiger partial charge in [0.05, 0.1) is 6.10 Å². The summed E-state index contributed by atoms with van der Waals surface area (Å²) in [5, 5.41) is 25.5. The Bertz CT molecular complexity index is 1350. The van der Waals surface area contributed by atoms with Crippen molar-refractivity contribution in [1.29, 1.82) is 0 Å². The van der Waals surface area contributed by atoms with Crippen molar-refractivity contribution < 1.29 is 27.6 Å². The number of hydrogen-bond donors (Lipinski definition) is 2. The molecule has 0 fully saturated rings. The van der Waals surface area contributed by atoms with Crippen LogP contribution in [0.5, 0.6) is 5.75 Å². The second-order valence-electron chi connectivity index (χ2n) is 8.88. The van der Waals surface area contributed by atoms with E-state index in [1.54, 1.807) is 6.21 Å². The third-order valence-electron chi connectivity index (χ3n) is 6.85. The van der Waals surface area contributed by atoms with Crippen LogP contribution in [0.2, 0.25) is 6.55 Å². The molecule has 0 saturated heterocycles. The van der Waals surface area contributed by atoms with Crippen LogP contribution in [0.3, 0.4) is 0 Å². The van der Waals surface area contributed by atoms with Gasteiger partial charge >= 0.3 is 0 Å². The summed E-state index contributed by atoms with van der Waals surface area (Å²) < 4.78 is 0. The molecule has 6 nitrogen and oxygen atoms in total. The van der Waals surface area contributed by atoms with E-state index in [-0.39, 0.29) is 29.2 Å². The molecule has 37 heavy (non-hydrogen) atoms. The van der Waals surface area contributed by atoms with Crippen LogP contribution in [0.4, 0.5) is 0 Å². The van der Waals surface area contributed by atoms with Crippen molar-refractivity contribution in [3.8, 4) is 5.75 Å². The third-order valence-corrected chi connectivity index (χ3v) is 11.3. The molecule has 0 aliphatic heterocycles. The molecule has 4 aromatic rings. The maximum atomic E-state index is 11.5. The fourth-order valence-electron chi connectivity index (χ4n) is 4.98. The minimum Gasteiger partial charge on any atom is -0.507 e. The van der Waals surface area contributed by atoms with Crippen molar-refractivity contribution in [3.63, 3.8) is 0 Å². The van der Waals surface area contributed by atoms with E-state index in [4.69, 9.17) is 16.1 Å². The number of rotatable bonds is 5. The van der Waals surface area contributed by atoms with E-state index in [0.717, 1.165) is 16.3 Å². The van der Waals surface area contributed by atoms with Gasteiger partial charge in [-0.15, -0.1) is 0 Å². The molecule has 0 unspecified atom stereocenters. The van der Waals surface area contributed by atoms with Gasteiger partial charge in [-0.05, 0) is 32.8 Å². The van der Waals surface area contributed by atoms with Gasteiger partial charge in [0, 0.05) is 35.6 Å². The maximum absolute atomic E-state index is 11.5. The number of hydrogen-bond acceptors (Lipinski definition) is 3. The topological polar surface area (TPSA) is 112 Å². The van der Waals surface area contributed by atoms with Crippen LogP contribution in [0, 0.1) is 0 Å². The van der Waals surface area contributed by atoms with Crippen molar-refractivity contribution in [2.45, 2.75) is 25.1 Å². The number of aromatic hydroxyl groups is 1. The minimum atomic E-state index is -2.45. The van der Waals surface area contributed by atoms with Gasteiger partial charge in [-0.2, -0.15) is 0 Å². The van der Waals surface area contributed by atoms with Crippen LogP contribution in [0.25, 0.3) is 16.0 Å². The summed E-state index contributed by atoms with van der Waals surface area (Å²) in [6, 6.07) is 34.6. The zero-order valence-corrected chi connectivity index (χ0v) is 22.6. The molecule has 0 aromatic heterocycles. The summed E-state index contributed by atoms with van der Waals surface area (Å²) in [7, 11) is -2.45. The maximum Gasteiger partial charge on any atom is 0.150 e. The molecule has 186 valence electrons. The Morgan fingerprint density at radius 2 is 1.38 bits per heavy atom. The Hall–Kier alpha value is -3.63. The number of para-hydroxylation sites is 1. The number of fused-ring (bicyclic) bond motifs is 1. The summed E-state index contributed by atoms with van der Waals surface area (Å²) in [4.78, 5) is 6.23. The SMILES string of the molecule is C[Si](c1ccccc1)(c1ccccc1)c1cccc(C=N[C@H]2c3ccccc3C[C@H]2O)c1O.[Cr].[N-]=[N+]=[N-]. The molecule has 2 N–H and O–H groups in total. The third kappa shape index (κ3) is 5.70. The Morgan fingerprint density at radius 1 is 0.838 bits per heavy atom. The number of aliphatic hydroxyl groups excluding tert-OH is 1. The van der Waals surface area contributed by atoms with Crippen LogP contribution in [0.15, 0.2) is 108 Å². The van der Waals surface area contributed by atoms with Crippen molar-refractivity contribution in [2.24, 2.45) is 4.99 Å². The van der Waals surface area contributed by atoms with Gasteiger partial charge in [0.15, 0.2) is 0 Å². The van der Waals surface area contributed by atoms with Crippen LogP contribution >= 0.6 is 0 Å². The molecule has 0 spiro atoms. The molecule has 1 aliphatic rings. The average Bonchev–Trinajstić information content (AvgIpc) is 3.24. The number of aliphatic hydroxyl groups is 1. The summed E-state index contributed by atoms with van der Waals surface area (Å²) >= 11 is 0. The van der Waals surface area contributed by atoms with E-state index in [2.05, 4.69) is 55.1 Å². The van der Waals surface area contributed by atoms with Gasteiger partial charge in [0.25, 0.3) is 0 Å². The number of phenolic OH excluding ortho intramolecular Hbond substituents is 1. The van der Waals surface area contributed by atoms with Gasteiger partial charge in [0.2, 0.25) is 0 Å². The molecular weight excluding hydrogens is 516 g/mol. The van der Waals surface area contributed by atoms with Gasteiger partial charge in [-0.1, -0.05) is 104 Å². The number of nitrogens with zero attached hydrogens (tertiary/aromatic N) is 4. The van der Waals surface area contributed by atoms with Crippen molar-refractivity contribution in [2.75, 3.05) is 0 Å². The second kappa shape index (κ2) is 12.6. The molecule has 5 rings (SSSR count). The van der Waals surface area contributed by atoms with E-state index in [1.165, 1.54) is 15.3 Å². The first-order valence-electron chi connectivity index (χ1n) is 11.7. The van der Waals surface area contributed by atoms with E-state index in [0.29, 0.717) is 12.0 Å². The summed E-state index contributed by atoms with van der Waals surface area (Å²) in [5.41, 5.74) is 16.4. The van der Waals surface area contributed by atoms with Crippen molar-refractivity contribution in [3.05, 3.63) is 136 Å². The first kappa shape index (κ1) is 27.9. The first-order valence-corrected chi connectivity index (χ1v) is 14.2. The standard InChI is InChI=1S/C29H27NO2Si.Cr.N3/c1-33(23-13-4-2-5-14-23,24-15-6-3-7-16-24)27-18-10-12-22(29(27)32)20-30-28-25-17-9-8-11-21(25)19-26(28)31;;1-3-2/h2-18,20,26,28,31-32H,19H2,1H3;;/q;;-1/t26-,28+;;/m1../s1. The zero-order chi connectivity index (χ0) is 25.5. The molecule has 1 aliphatic carbocycles. The minimum absolute atomic E-state index is 0. The largest absolute Gasteiger partial charge is 0.507 e. The fourth-order valence-corrected chi connectivity index (χ4v) is 8.70. The monoisotopic (exact) mass is 543 g/mol. The number of phenols is 1. The van der Waals surface area contributed by atoms with Crippen LogP contribution in [-0.2, 0) is 23.8 Å². The summed E-state index contributed by atoms with van der Waals surface area (Å²) in [6.45, 7) is 2.28. The van der Waals surface area contributed by atoms with E-state index < -0.39 is 14.2 Å². The quantitative estimate of drug-likeness (QED) is 0.0969. The normalized spacial score (nSPS) is 16.2. The number of benzene rings is 4. The molecule has 4 aromatic carbocycles. The Balaban J connectivity index is 0.000000908. The predicted octanol–water partition coefficient (Wildman–Crippen LogP) is 4.43. The Labute approximate surface area is 228 Å². The first-order chi connectivity index (χ1) is 17.5. The average molecular weight is 544 g/mol. The van der Waals surface area contributed by atoms with Crippen LogP contribution in [0.1, 0.15) is 22.7 Å². The Morgan fingerprint density at radius 3 is 1.97 bits per heavy atom. The molecule has 2 atom stereocenters. The van der Waals surface area contributed by atoms with Crippen molar-refractivity contribution in [1.82, 2.24) is 0 Å². The summed E-state index contributed by atoms with van der Waals surface area (Å²) in [6.07, 6.45) is 1.79. The molecule has 8 heteroatoms. The van der Waals surface area contributed by atoms with Gasteiger partial charge in [-0.25, -0.2) is 0 Å². The molecule has 0 radical (unpaired) electrons. The molecule has 0 saturated carbocycles. The van der Waals surface area contributed by atoms with Crippen LogP contribution in [-0.4, -0.2) is 30.6 Å². The van der Waals surface area contributed by atoms with Crippen LogP contribution < -0.4 is 15.6 Å². The predicted molar refractivity (Wildman–Crippen MR) is 148 cm³/mol. The van der Waals surface area contributed by atoms with Gasteiger partial charge in [-0.3, -0.25) is 9.90 Å². The van der Waals surface area contributed by atoms with E-state index in [1.807, 2.05) is 54.6 Å². The molecule has 0 heterocycles. The smallest absolute Gasteiger partial charge is 0.150 e. The van der Waals surface area contributed by atoms with Crippen molar-refractivity contribution >= 4 is 29.8 Å². The molecule has 0 bridgehead atoms. The summed E-state index contributed by atoms with van der Waals surface area (Å²) in [5.74, 6) is 0.267. The fraction of sp³-hybridized carbons (Fsp3) is 0.138. The second-order valence-corrected chi connectivity index (χ2v) is 12.8. The van der Waals surface area contributed by atoms with Gasteiger partial charge < -0.3 is 21.3 Å². The Kier molecular flexibility index (Phi) is 9.48. The molecule has 0 amide bonds. The van der Waals surface area contributed by atoms with E-state index in [9.17, 15) is 10.2 Å². The van der Waals surface area contributed by atoms with Gasteiger partial charge in [0.1, 0.15) is 19.9 Å².